The van der Waals surface area contributed by atoms with Crippen LogP contribution in [0.25, 0.3) is 0 Å². The van der Waals surface area contributed by atoms with Gasteiger partial charge in [-0.3, -0.25) is 9.59 Å². The van der Waals surface area contributed by atoms with Crippen LogP contribution in [0.4, 0.5) is 0 Å². The first-order chi connectivity index (χ1) is 12.9. The number of aryl methyl sites for hydroxylation is 1. The second-order valence-electron chi connectivity index (χ2n) is 7.58. The van der Waals surface area contributed by atoms with Gasteiger partial charge in [-0.25, -0.2) is 0 Å². The Labute approximate surface area is 160 Å². The van der Waals surface area contributed by atoms with Gasteiger partial charge in [0, 0.05) is 32.9 Å². The van der Waals surface area contributed by atoms with Crippen LogP contribution in [0.1, 0.15) is 50.7 Å². The molecule has 2 aliphatic heterocycles. The fourth-order valence-electron chi connectivity index (χ4n) is 3.99. The molecule has 2 heterocycles. The Hall–Kier alpha value is -2.37. The van der Waals surface area contributed by atoms with E-state index < -0.39 is 5.41 Å². The lowest BCUT2D eigenvalue weighted by Gasteiger charge is -2.41. The van der Waals surface area contributed by atoms with Crippen molar-refractivity contribution in [3.8, 4) is 0 Å². The Morgan fingerprint density at radius 3 is 2.74 bits per heavy atom. The molecule has 0 radical (unpaired) electrons. The summed E-state index contributed by atoms with van der Waals surface area (Å²) in [7, 11) is 0. The average molecular weight is 372 g/mol. The molecule has 0 spiro atoms. The van der Waals surface area contributed by atoms with Crippen LogP contribution >= 0.6 is 0 Å². The molecular formula is C21H28N2O4. The Morgan fingerprint density at radius 1 is 1.33 bits per heavy atom. The number of carbonyl (C=O) groups excluding carboxylic acids is 2. The number of nitrogens with zero attached hydrogens (tertiary/aromatic N) is 2. The minimum atomic E-state index is -0.719. The van der Waals surface area contributed by atoms with Crippen molar-refractivity contribution in [1.82, 2.24) is 4.90 Å². The summed E-state index contributed by atoms with van der Waals surface area (Å²) in [6.45, 7) is 6.81. The molecule has 0 N–H and O–H groups in total. The molecule has 2 unspecified atom stereocenters. The second-order valence-corrected chi connectivity index (χ2v) is 7.58. The van der Waals surface area contributed by atoms with Crippen molar-refractivity contribution in [3.05, 3.63) is 35.4 Å². The number of ether oxygens (including phenoxy) is 1. The highest BCUT2D eigenvalue weighted by atomic mass is 16.6. The van der Waals surface area contributed by atoms with Crippen LogP contribution in [0, 0.1) is 12.3 Å². The SMILES string of the molecule is CCOC(=O)C1(CC2CC(c3ccc(C)cc3)=NO2)CCCN(C(C)=O)C1. The number of benzene rings is 1. The minimum absolute atomic E-state index is 0.00712. The highest BCUT2D eigenvalue weighted by molar-refractivity contribution is 6.01. The molecule has 2 aliphatic rings. The molecule has 0 bridgehead atoms. The molecule has 0 saturated carbocycles. The number of carbonyl (C=O) groups is 2. The summed E-state index contributed by atoms with van der Waals surface area (Å²) in [5, 5.41) is 4.26. The predicted molar refractivity (Wildman–Crippen MR) is 102 cm³/mol. The third kappa shape index (κ3) is 4.31. The molecule has 1 fully saturated rings. The molecular weight excluding hydrogens is 344 g/mol. The van der Waals surface area contributed by atoms with Crippen molar-refractivity contribution in [1.29, 1.82) is 0 Å². The van der Waals surface area contributed by atoms with Crippen molar-refractivity contribution in [2.24, 2.45) is 10.6 Å². The average Bonchev–Trinajstić information content (AvgIpc) is 3.11. The van der Waals surface area contributed by atoms with Crippen LogP contribution in [-0.2, 0) is 19.2 Å². The molecule has 1 saturated heterocycles. The summed E-state index contributed by atoms with van der Waals surface area (Å²) in [5.41, 5.74) is 2.42. The molecule has 6 heteroatoms. The zero-order valence-corrected chi connectivity index (χ0v) is 16.4. The summed E-state index contributed by atoms with van der Waals surface area (Å²) in [6.07, 6.45) is 2.47. The molecule has 1 aromatic carbocycles. The lowest BCUT2D eigenvalue weighted by molar-refractivity contribution is -0.163. The fraction of sp³-hybridized carbons (Fsp3) is 0.571. The van der Waals surface area contributed by atoms with Gasteiger partial charge in [-0.1, -0.05) is 35.0 Å². The van der Waals surface area contributed by atoms with E-state index in [9.17, 15) is 9.59 Å². The van der Waals surface area contributed by atoms with E-state index in [1.54, 1.807) is 11.8 Å². The number of piperidine rings is 1. The van der Waals surface area contributed by atoms with Crippen molar-refractivity contribution in [2.45, 2.75) is 52.6 Å². The summed E-state index contributed by atoms with van der Waals surface area (Å²) in [6, 6.07) is 8.19. The van der Waals surface area contributed by atoms with Gasteiger partial charge >= 0.3 is 5.97 Å². The van der Waals surface area contributed by atoms with E-state index in [1.165, 1.54) is 5.56 Å². The lowest BCUT2D eigenvalue weighted by atomic mass is 9.74. The number of likely N-dealkylation sites (tertiary alicyclic amines) is 1. The highest BCUT2D eigenvalue weighted by Crippen LogP contribution is 2.39. The van der Waals surface area contributed by atoms with Crippen molar-refractivity contribution in [2.75, 3.05) is 19.7 Å². The lowest BCUT2D eigenvalue weighted by Crippen LogP contribution is -2.51. The third-order valence-electron chi connectivity index (χ3n) is 5.47. The van der Waals surface area contributed by atoms with Gasteiger partial charge < -0.3 is 14.5 Å². The second kappa shape index (κ2) is 8.11. The quantitative estimate of drug-likeness (QED) is 0.745. The van der Waals surface area contributed by atoms with Crippen molar-refractivity contribution >= 4 is 17.6 Å². The molecule has 1 aromatic rings. The molecule has 2 atom stereocenters. The van der Waals surface area contributed by atoms with Crippen LogP contribution in [0.15, 0.2) is 29.4 Å². The Balaban J connectivity index is 1.72. The van der Waals surface area contributed by atoms with Crippen LogP contribution in [-0.4, -0.2) is 48.3 Å². The summed E-state index contributed by atoms with van der Waals surface area (Å²) < 4.78 is 5.38. The van der Waals surface area contributed by atoms with Crippen molar-refractivity contribution < 1.29 is 19.2 Å². The third-order valence-corrected chi connectivity index (χ3v) is 5.47. The largest absolute Gasteiger partial charge is 0.466 e. The maximum Gasteiger partial charge on any atom is 0.314 e. The minimum Gasteiger partial charge on any atom is -0.466 e. The van der Waals surface area contributed by atoms with E-state index in [4.69, 9.17) is 9.57 Å². The first kappa shape index (κ1) is 19.4. The van der Waals surface area contributed by atoms with Crippen LogP contribution < -0.4 is 0 Å². The van der Waals surface area contributed by atoms with Gasteiger partial charge in [0.25, 0.3) is 0 Å². The first-order valence-corrected chi connectivity index (χ1v) is 9.66. The molecule has 0 aromatic heterocycles. The number of hydrogen-bond acceptors (Lipinski definition) is 5. The van der Waals surface area contributed by atoms with Gasteiger partial charge in [0.1, 0.15) is 6.10 Å². The van der Waals surface area contributed by atoms with Crippen molar-refractivity contribution in [3.63, 3.8) is 0 Å². The van der Waals surface area contributed by atoms with Gasteiger partial charge in [-0.05, 0) is 32.3 Å². The Bertz CT molecular complexity index is 728. The molecule has 1 amide bonds. The van der Waals surface area contributed by atoms with E-state index in [0.29, 0.717) is 39.0 Å². The number of amides is 1. The summed E-state index contributed by atoms with van der Waals surface area (Å²) in [4.78, 5) is 32.1. The summed E-state index contributed by atoms with van der Waals surface area (Å²) >= 11 is 0. The Morgan fingerprint density at radius 2 is 2.07 bits per heavy atom. The number of hydrogen-bond donors (Lipinski definition) is 0. The van der Waals surface area contributed by atoms with Crippen LogP contribution in [0.2, 0.25) is 0 Å². The topological polar surface area (TPSA) is 68.2 Å². The van der Waals surface area contributed by atoms with Gasteiger partial charge in [0.2, 0.25) is 5.91 Å². The molecule has 3 rings (SSSR count). The summed E-state index contributed by atoms with van der Waals surface area (Å²) in [5.74, 6) is -0.240. The maximum atomic E-state index is 12.8. The monoisotopic (exact) mass is 372 g/mol. The van der Waals surface area contributed by atoms with Gasteiger partial charge in [0.15, 0.2) is 0 Å². The number of oxime groups is 1. The van der Waals surface area contributed by atoms with E-state index in [2.05, 4.69) is 17.3 Å². The fourth-order valence-corrected chi connectivity index (χ4v) is 3.99. The number of esters is 1. The Kier molecular flexibility index (Phi) is 5.82. The zero-order chi connectivity index (χ0) is 19.4. The molecule has 146 valence electrons. The molecule has 0 aliphatic carbocycles. The zero-order valence-electron chi connectivity index (χ0n) is 16.4. The van der Waals surface area contributed by atoms with E-state index in [1.807, 2.05) is 26.0 Å². The van der Waals surface area contributed by atoms with Crippen LogP contribution in [0.3, 0.4) is 0 Å². The predicted octanol–water partition coefficient (Wildman–Crippen LogP) is 3.07. The van der Waals surface area contributed by atoms with E-state index in [-0.39, 0.29) is 18.0 Å². The maximum absolute atomic E-state index is 12.8. The van der Waals surface area contributed by atoms with Gasteiger partial charge in [-0.2, -0.15) is 0 Å². The normalized spacial score (nSPS) is 24.9. The molecule has 27 heavy (non-hydrogen) atoms. The molecule has 6 nitrogen and oxygen atoms in total. The number of rotatable bonds is 5. The smallest absolute Gasteiger partial charge is 0.314 e. The van der Waals surface area contributed by atoms with Gasteiger partial charge in [0.05, 0.1) is 17.7 Å². The standard InChI is InChI=1S/C21H28N2O4/c1-4-26-20(25)21(10-5-11-23(14-21)16(3)24)13-18-12-19(22-27-18)17-8-6-15(2)7-9-17/h6-9,18H,4-5,10-14H2,1-3H3. The van der Waals surface area contributed by atoms with Gasteiger partial charge in [-0.15, -0.1) is 0 Å². The van der Waals surface area contributed by atoms with E-state index in [0.717, 1.165) is 17.7 Å². The first-order valence-electron chi connectivity index (χ1n) is 9.66. The highest BCUT2D eigenvalue weighted by Gasteiger charge is 2.47. The van der Waals surface area contributed by atoms with E-state index >= 15 is 0 Å². The van der Waals surface area contributed by atoms with Crippen LogP contribution in [0.5, 0.6) is 0 Å².